The van der Waals surface area contributed by atoms with Crippen molar-refractivity contribution >= 4 is 21.6 Å². The van der Waals surface area contributed by atoms with Gasteiger partial charge in [-0.3, -0.25) is 0 Å². The molecular weight excluding hydrogens is 305 g/mol. The first-order valence-electron chi connectivity index (χ1n) is 6.37. The van der Waals surface area contributed by atoms with Crippen molar-refractivity contribution < 1.29 is 17.5 Å². The number of rotatable bonds is 4. The molecule has 0 spiro atoms. The van der Waals surface area contributed by atoms with E-state index in [0.29, 0.717) is 31.6 Å². The quantitative estimate of drug-likeness (QED) is 0.800. The Kier molecular flexibility index (Phi) is 5.01. The van der Waals surface area contributed by atoms with Gasteiger partial charge in [-0.2, -0.15) is 4.31 Å². The Morgan fingerprint density at radius 3 is 2.60 bits per heavy atom. The van der Waals surface area contributed by atoms with Crippen molar-refractivity contribution in [2.75, 3.05) is 20.3 Å². The highest BCUT2D eigenvalue weighted by atomic mass is 35.5. The lowest BCUT2D eigenvalue weighted by atomic mass is 10.1. The minimum absolute atomic E-state index is 0.146. The summed E-state index contributed by atoms with van der Waals surface area (Å²) in [6, 6.07) is 3.82. The maximum Gasteiger partial charge on any atom is 0.245 e. The summed E-state index contributed by atoms with van der Waals surface area (Å²) in [6.45, 7) is 1.05. The van der Waals surface area contributed by atoms with Gasteiger partial charge in [0.05, 0.1) is 0 Å². The average Bonchev–Trinajstić information content (AvgIpc) is 2.46. The Balaban J connectivity index is 2.29. The second kappa shape index (κ2) is 6.39. The van der Waals surface area contributed by atoms with Crippen LogP contribution in [0.3, 0.4) is 0 Å². The van der Waals surface area contributed by atoms with E-state index in [2.05, 4.69) is 0 Å². The van der Waals surface area contributed by atoms with Crippen LogP contribution >= 0.6 is 11.6 Å². The van der Waals surface area contributed by atoms with Crippen molar-refractivity contribution in [2.45, 2.75) is 29.7 Å². The fourth-order valence-electron chi connectivity index (χ4n) is 2.24. The maximum atomic E-state index is 14.0. The van der Waals surface area contributed by atoms with Gasteiger partial charge in [-0.05, 0) is 30.5 Å². The lowest BCUT2D eigenvalue weighted by Crippen LogP contribution is -2.40. The van der Waals surface area contributed by atoms with Crippen LogP contribution in [-0.4, -0.2) is 39.0 Å². The third-order valence-corrected chi connectivity index (χ3v) is 5.76. The van der Waals surface area contributed by atoms with Crippen molar-refractivity contribution in [1.29, 1.82) is 0 Å². The Bertz CT molecular complexity index is 573. The number of hydrogen-bond donors (Lipinski definition) is 0. The molecule has 0 amide bonds. The average molecular weight is 322 g/mol. The van der Waals surface area contributed by atoms with Crippen molar-refractivity contribution in [3.05, 3.63) is 29.6 Å². The van der Waals surface area contributed by atoms with Crippen molar-refractivity contribution in [3.8, 4) is 0 Å². The van der Waals surface area contributed by atoms with E-state index in [1.807, 2.05) is 0 Å². The summed E-state index contributed by atoms with van der Waals surface area (Å²) in [7, 11) is -2.35. The molecule has 1 aliphatic rings. The third kappa shape index (κ3) is 3.14. The van der Waals surface area contributed by atoms with E-state index in [-0.39, 0.29) is 16.8 Å². The standard InChI is InChI=1S/C13H17ClFNO3S/c1-16(11-4-6-19-7-5-11)20(17,18)13-3-2-10(9-14)8-12(13)15/h2-3,8,11H,4-7,9H2,1H3. The van der Waals surface area contributed by atoms with Gasteiger partial charge in [0, 0.05) is 32.2 Å². The van der Waals surface area contributed by atoms with Crippen LogP contribution < -0.4 is 0 Å². The van der Waals surface area contributed by atoms with E-state index < -0.39 is 15.8 Å². The Hall–Kier alpha value is -0.690. The van der Waals surface area contributed by atoms with E-state index in [0.717, 1.165) is 6.07 Å². The van der Waals surface area contributed by atoms with E-state index in [1.54, 1.807) is 0 Å². The number of nitrogens with zero attached hydrogens (tertiary/aromatic N) is 1. The molecule has 112 valence electrons. The Morgan fingerprint density at radius 2 is 2.05 bits per heavy atom. The Labute approximate surface area is 123 Å². The van der Waals surface area contributed by atoms with E-state index in [1.165, 1.54) is 23.5 Å². The van der Waals surface area contributed by atoms with Crippen LogP contribution in [-0.2, 0) is 20.6 Å². The SMILES string of the molecule is CN(C1CCOCC1)S(=O)(=O)c1ccc(CCl)cc1F. The van der Waals surface area contributed by atoms with Gasteiger partial charge in [0.25, 0.3) is 0 Å². The topological polar surface area (TPSA) is 46.6 Å². The smallest absolute Gasteiger partial charge is 0.245 e. The zero-order valence-corrected chi connectivity index (χ0v) is 12.8. The molecule has 0 aliphatic carbocycles. The third-order valence-electron chi connectivity index (χ3n) is 3.51. The van der Waals surface area contributed by atoms with Crippen LogP contribution in [0.2, 0.25) is 0 Å². The molecule has 0 saturated carbocycles. The van der Waals surface area contributed by atoms with E-state index >= 15 is 0 Å². The van der Waals surface area contributed by atoms with Gasteiger partial charge in [0.1, 0.15) is 10.7 Å². The van der Waals surface area contributed by atoms with Gasteiger partial charge >= 0.3 is 0 Å². The molecule has 1 aromatic rings. The largest absolute Gasteiger partial charge is 0.381 e. The number of hydrogen-bond acceptors (Lipinski definition) is 3. The van der Waals surface area contributed by atoms with Crippen LogP contribution in [0.25, 0.3) is 0 Å². The van der Waals surface area contributed by atoms with Gasteiger partial charge in [0.15, 0.2) is 0 Å². The van der Waals surface area contributed by atoms with Crippen LogP contribution in [0.15, 0.2) is 23.1 Å². The molecule has 4 nitrogen and oxygen atoms in total. The molecule has 1 aliphatic heterocycles. The second-order valence-corrected chi connectivity index (χ2v) is 7.00. The summed E-state index contributed by atoms with van der Waals surface area (Å²) in [5.41, 5.74) is 0.553. The molecule has 20 heavy (non-hydrogen) atoms. The molecule has 1 saturated heterocycles. The molecule has 2 rings (SSSR count). The molecule has 1 aromatic carbocycles. The lowest BCUT2D eigenvalue weighted by Gasteiger charge is -2.30. The fourth-order valence-corrected chi connectivity index (χ4v) is 3.86. The fraction of sp³-hybridized carbons (Fsp3) is 0.538. The van der Waals surface area contributed by atoms with Gasteiger partial charge < -0.3 is 4.74 Å². The Morgan fingerprint density at radius 1 is 1.40 bits per heavy atom. The number of ether oxygens (including phenoxy) is 1. The summed E-state index contributed by atoms with van der Waals surface area (Å²) in [6.07, 6.45) is 1.24. The molecule has 1 heterocycles. The summed E-state index contributed by atoms with van der Waals surface area (Å²) in [4.78, 5) is -0.305. The molecule has 7 heteroatoms. The van der Waals surface area contributed by atoms with Crippen molar-refractivity contribution in [3.63, 3.8) is 0 Å². The zero-order valence-electron chi connectivity index (χ0n) is 11.2. The summed E-state index contributed by atoms with van der Waals surface area (Å²) in [5.74, 6) is -0.616. The summed E-state index contributed by atoms with van der Waals surface area (Å²) >= 11 is 5.61. The number of halogens is 2. The number of alkyl halides is 1. The molecule has 0 aromatic heterocycles. The van der Waals surface area contributed by atoms with Gasteiger partial charge in [-0.25, -0.2) is 12.8 Å². The number of benzene rings is 1. The minimum atomic E-state index is -3.83. The molecular formula is C13H17ClFNO3S. The molecule has 1 fully saturated rings. The molecule has 0 unspecified atom stereocenters. The van der Waals surface area contributed by atoms with E-state index in [4.69, 9.17) is 16.3 Å². The first-order chi connectivity index (χ1) is 9.46. The minimum Gasteiger partial charge on any atom is -0.381 e. The van der Waals surface area contributed by atoms with Crippen LogP contribution in [0, 0.1) is 5.82 Å². The second-order valence-electron chi connectivity index (χ2n) is 4.76. The monoisotopic (exact) mass is 321 g/mol. The lowest BCUT2D eigenvalue weighted by molar-refractivity contribution is 0.0631. The van der Waals surface area contributed by atoms with Crippen molar-refractivity contribution in [1.82, 2.24) is 4.31 Å². The predicted molar refractivity (Wildman–Crippen MR) is 74.7 cm³/mol. The first kappa shape index (κ1) is 15.7. The molecule has 0 atom stereocenters. The number of sulfonamides is 1. The predicted octanol–water partition coefficient (Wildman–Crippen LogP) is 2.36. The first-order valence-corrected chi connectivity index (χ1v) is 8.34. The molecule has 0 radical (unpaired) electrons. The highest BCUT2D eigenvalue weighted by Gasteiger charge is 2.31. The van der Waals surface area contributed by atoms with Gasteiger partial charge in [0.2, 0.25) is 10.0 Å². The van der Waals surface area contributed by atoms with Crippen LogP contribution in [0.4, 0.5) is 4.39 Å². The molecule has 0 N–H and O–H groups in total. The van der Waals surface area contributed by atoms with E-state index in [9.17, 15) is 12.8 Å². The van der Waals surface area contributed by atoms with Gasteiger partial charge in [-0.1, -0.05) is 6.07 Å². The maximum absolute atomic E-state index is 14.0. The van der Waals surface area contributed by atoms with Crippen LogP contribution in [0.5, 0.6) is 0 Å². The normalized spacial score (nSPS) is 17.6. The van der Waals surface area contributed by atoms with Gasteiger partial charge in [-0.15, -0.1) is 11.6 Å². The van der Waals surface area contributed by atoms with Crippen molar-refractivity contribution in [2.24, 2.45) is 0 Å². The molecule has 0 bridgehead atoms. The summed E-state index contributed by atoms with van der Waals surface area (Å²) < 4.78 is 45.4. The highest BCUT2D eigenvalue weighted by molar-refractivity contribution is 7.89. The van der Waals surface area contributed by atoms with Crippen LogP contribution in [0.1, 0.15) is 18.4 Å². The highest BCUT2D eigenvalue weighted by Crippen LogP contribution is 2.24. The summed E-state index contributed by atoms with van der Waals surface area (Å²) in [5, 5.41) is 0. The zero-order chi connectivity index (χ0) is 14.8.